The molecule has 4 aromatic rings. The van der Waals surface area contributed by atoms with Crippen molar-refractivity contribution in [1.29, 1.82) is 0 Å². The average Bonchev–Trinajstić information content (AvgIpc) is 3.45. The van der Waals surface area contributed by atoms with Gasteiger partial charge in [-0.15, -0.1) is 0 Å². The Morgan fingerprint density at radius 3 is 2.31 bits per heavy atom. The predicted molar refractivity (Wildman–Crippen MR) is 174 cm³/mol. The van der Waals surface area contributed by atoms with Crippen molar-refractivity contribution in [1.82, 2.24) is 15.1 Å². The van der Waals surface area contributed by atoms with E-state index < -0.39 is 0 Å². The molecule has 6 heteroatoms. The number of ether oxygens (including phenoxy) is 1. The van der Waals surface area contributed by atoms with Crippen molar-refractivity contribution in [3.8, 4) is 22.7 Å². The first-order chi connectivity index (χ1) is 20.1. The molecule has 42 heavy (non-hydrogen) atoms. The fourth-order valence-corrected chi connectivity index (χ4v) is 4.98. The van der Waals surface area contributed by atoms with Gasteiger partial charge >= 0.3 is 0 Å². The summed E-state index contributed by atoms with van der Waals surface area (Å²) < 4.78 is 7.98. The van der Waals surface area contributed by atoms with Crippen molar-refractivity contribution in [2.24, 2.45) is 0 Å². The van der Waals surface area contributed by atoms with E-state index in [4.69, 9.17) is 21.4 Å². The maximum absolute atomic E-state index is 13.3. The maximum atomic E-state index is 13.3. The van der Waals surface area contributed by atoms with Crippen molar-refractivity contribution in [3.05, 3.63) is 101 Å². The van der Waals surface area contributed by atoms with Crippen LogP contribution in [0.1, 0.15) is 88.8 Å². The second-order valence-electron chi connectivity index (χ2n) is 12.2. The molecule has 1 heterocycles. The van der Waals surface area contributed by atoms with E-state index in [2.05, 4.69) is 65.1 Å². The molecule has 0 spiro atoms. The molecule has 1 aromatic heterocycles. The van der Waals surface area contributed by atoms with Gasteiger partial charge in [0.05, 0.1) is 18.0 Å². The number of nitrogens with one attached hydrogen (secondary N) is 1. The van der Waals surface area contributed by atoms with Crippen LogP contribution in [0.3, 0.4) is 0 Å². The lowest BCUT2D eigenvalue weighted by molar-refractivity contribution is 0.0944. The molecule has 0 aliphatic rings. The van der Waals surface area contributed by atoms with E-state index >= 15 is 0 Å². The molecule has 1 amide bonds. The first-order valence-electron chi connectivity index (χ1n) is 15.0. The fourth-order valence-electron chi connectivity index (χ4n) is 4.80. The van der Waals surface area contributed by atoms with E-state index in [-0.39, 0.29) is 16.7 Å². The molecule has 0 aliphatic heterocycles. The molecule has 0 saturated heterocycles. The molecular weight excluding hydrogens is 542 g/mol. The SMILES string of the molecule is CCC(C)(C)c1ccc(OCCCCNC(=O)c2cc(-c3ccccc3)nn2-c2cccc(Cl)c2)c(C(C)(C)CC)c1. The largest absolute Gasteiger partial charge is 0.493 e. The molecule has 0 aliphatic carbocycles. The zero-order valence-electron chi connectivity index (χ0n) is 25.8. The summed E-state index contributed by atoms with van der Waals surface area (Å²) >= 11 is 6.25. The number of nitrogens with zero attached hydrogens (tertiary/aromatic N) is 2. The van der Waals surface area contributed by atoms with Crippen LogP contribution in [0.4, 0.5) is 0 Å². The summed E-state index contributed by atoms with van der Waals surface area (Å²) in [7, 11) is 0. The highest BCUT2D eigenvalue weighted by molar-refractivity contribution is 6.30. The minimum atomic E-state index is -0.174. The van der Waals surface area contributed by atoms with E-state index in [1.54, 1.807) is 16.8 Å². The third-order valence-electron chi connectivity index (χ3n) is 8.44. The van der Waals surface area contributed by atoms with Crippen LogP contribution >= 0.6 is 11.6 Å². The average molecular weight is 586 g/mol. The summed E-state index contributed by atoms with van der Waals surface area (Å²) in [5.41, 5.74) is 5.64. The van der Waals surface area contributed by atoms with Gasteiger partial charge < -0.3 is 10.1 Å². The zero-order chi connectivity index (χ0) is 30.3. The second kappa shape index (κ2) is 13.6. The lowest BCUT2D eigenvalue weighted by atomic mass is 9.76. The van der Waals surface area contributed by atoms with Gasteiger partial charge in [0.1, 0.15) is 11.4 Å². The number of benzene rings is 3. The third-order valence-corrected chi connectivity index (χ3v) is 8.67. The van der Waals surface area contributed by atoms with Crippen LogP contribution in [0.5, 0.6) is 5.75 Å². The standard InChI is InChI=1S/C36H44ClN3O2/c1-7-35(3,4)27-19-20-33(30(23-27)36(5,6)8-2)42-22-13-12-21-38-34(41)32-25-31(26-15-10-9-11-16-26)39-40(32)29-18-14-17-28(37)24-29/h9-11,14-20,23-25H,7-8,12-13,21-22H2,1-6H3,(H,38,41). The number of aromatic nitrogens is 2. The van der Waals surface area contributed by atoms with E-state index in [1.165, 1.54) is 11.1 Å². The van der Waals surface area contributed by atoms with Crippen LogP contribution in [0.15, 0.2) is 78.9 Å². The Morgan fingerprint density at radius 2 is 1.62 bits per heavy atom. The highest BCUT2D eigenvalue weighted by Gasteiger charge is 2.26. The Hall–Kier alpha value is -3.57. The first kappa shape index (κ1) is 31.4. The van der Waals surface area contributed by atoms with Crippen molar-refractivity contribution in [3.63, 3.8) is 0 Å². The molecule has 0 atom stereocenters. The molecule has 222 valence electrons. The van der Waals surface area contributed by atoms with Crippen molar-refractivity contribution in [2.75, 3.05) is 13.2 Å². The minimum absolute atomic E-state index is 0.0215. The lowest BCUT2D eigenvalue weighted by Gasteiger charge is -2.30. The molecule has 0 unspecified atom stereocenters. The Balaban J connectivity index is 1.39. The number of hydrogen-bond donors (Lipinski definition) is 1. The molecule has 0 fully saturated rings. The number of carbonyl (C=O) groups excluding carboxylic acids is 1. The van der Waals surface area contributed by atoms with Gasteiger partial charge in [-0.2, -0.15) is 5.10 Å². The zero-order valence-corrected chi connectivity index (χ0v) is 26.6. The maximum Gasteiger partial charge on any atom is 0.270 e. The predicted octanol–water partition coefficient (Wildman–Crippen LogP) is 9.16. The number of halogens is 1. The summed E-state index contributed by atoms with van der Waals surface area (Å²) in [6, 6.07) is 25.7. The molecule has 3 aromatic carbocycles. The van der Waals surface area contributed by atoms with E-state index in [1.807, 2.05) is 48.5 Å². The van der Waals surface area contributed by atoms with Crippen LogP contribution in [-0.4, -0.2) is 28.8 Å². The number of amides is 1. The number of hydrogen-bond acceptors (Lipinski definition) is 3. The number of carbonyl (C=O) groups is 1. The number of unbranched alkanes of at least 4 members (excludes halogenated alkanes) is 1. The normalized spacial score (nSPS) is 11.9. The summed E-state index contributed by atoms with van der Waals surface area (Å²) in [4.78, 5) is 13.3. The second-order valence-corrected chi connectivity index (χ2v) is 12.6. The number of rotatable bonds is 13. The van der Waals surface area contributed by atoms with Crippen LogP contribution in [0.2, 0.25) is 5.02 Å². The van der Waals surface area contributed by atoms with Gasteiger partial charge in [0.25, 0.3) is 5.91 Å². The van der Waals surface area contributed by atoms with Gasteiger partial charge in [-0.05, 0) is 72.4 Å². The van der Waals surface area contributed by atoms with E-state index in [9.17, 15) is 4.79 Å². The van der Waals surface area contributed by atoms with Crippen molar-refractivity contribution >= 4 is 17.5 Å². The van der Waals surface area contributed by atoms with Crippen molar-refractivity contribution < 1.29 is 9.53 Å². The van der Waals surface area contributed by atoms with Crippen LogP contribution in [0.25, 0.3) is 16.9 Å². The van der Waals surface area contributed by atoms with Crippen molar-refractivity contribution in [2.45, 2.75) is 78.1 Å². The quantitative estimate of drug-likeness (QED) is 0.159. The van der Waals surface area contributed by atoms with Crippen LogP contribution in [0, 0.1) is 0 Å². The Morgan fingerprint density at radius 1 is 0.881 bits per heavy atom. The van der Waals surface area contributed by atoms with Gasteiger partial charge in [0, 0.05) is 22.7 Å². The van der Waals surface area contributed by atoms with E-state index in [0.717, 1.165) is 48.4 Å². The van der Waals surface area contributed by atoms with Gasteiger partial charge in [-0.25, -0.2) is 4.68 Å². The van der Waals surface area contributed by atoms with Gasteiger partial charge in [0.15, 0.2) is 0 Å². The fraction of sp³-hybridized carbons (Fsp3) is 0.389. The highest BCUT2D eigenvalue weighted by Crippen LogP contribution is 2.38. The minimum Gasteiger partial charge on any atom is -0.493 e. The van der Waals surface area contributed by atoms with Crippen LogP contribution in [-0.2, 0) is 10.8 Å². The third kappa shape index (κ3) is 7.43. The van der Waals surface area contributed by atoms with Gasteiger partial charge in [0.2, 0.25) is 0 Å². The molecular formula is C36H44ClN3O2. The summed E-state index contributed by atoms with van der Waals surface area (Å²) in [5, 5.41) is 8.40. The Kier molecular flexibility index (Phi) is 10.2. The Labute approximate surface area is 256 Å². The smallest absolute Gasteiger partial charge is 0.270 e. The molecule has 0 saturated carbocycles. The summed E-state index contributed by atoms with van der Waals surface area (Å²) in [6.07, 6.45) is 3.74. The summed E-state index contributed by atoms with van der Waals surface area (Å²) in [5.74, 6) is 0.784. The lowest BCUT2D eigenvalue weighted by Crippen LogP contribution is -2.27. The first-order valence-corrected chi connectivity index (χ1v) is 15.4. The van der Waals surface area contributed by atoms with Gasteiger partial charge in [-0.1, -0.05) is 102 Å². The van der Waals surface area contributed by atoms with Gasteiger partial charge in [-0.3, -0.25) is 4.79 Å². The molecule has 4 rings (SSSR count). The monoisotopic (exact) mass is 585 g/mol. The highest BCUT2D eigenvalue weighted by atomic mass is 35.5. The molecule has 1 N–H and O–H groups in total. The summed E-state index contributed by atoms with van der Waals surface area (Å²) in [6.45, 7) is 14.8. The Bertz CT molecular complexity index is 1490. The molecule has 0 bridgehead atoms. The topological polar surface area (TPSA) is 56.1 Å². The molecule has 0 radical (unpaired) electrons. The van der Waals surface area contributed by atoms with E-state index in [0.29, 0.717) is 23.9 Å². The molecule has 5 nitrogen and oxygen atoms in total. The van der Waals surface area contributed by atoms with Crippen LogP contribution < -0.4 is 10.1 Å².